The lowest BCUT2D eigenvalue weighted by Crippen LogP contribution is -2.41. The SMILES string of the molecule is Cc1ccccc1CN(C)C(=NCc1nnc(C)n1C)NCCCN1CCOCC1. The molecule has 8 nitrogen and oxygen atoms in total. The molecule has 0 aliphatic carbocycles. The second-order valence-corrected chi connectivity index (χ2v) is 7.88. The fraction of sp³-hybridized carbons (Fsp3) is 0.591. The molecule has 1 aromatic heterocycles. The first-order valence-electron chi connectivity index (χ1n) is 10.7. The maximum absolute atomic E-state index is 5.43. The van der Waals surface area contributed by atoms with Crippen molar-refractivity contribution < 1.29 is 4.74 Å². The van der Waals surface area contributed by atoms with E-state index in [9.17, 15) is 0 Å². The lowest BCUT2D eigenvalue weighted by molar-refractivity contribution is 0.0375. The van der Waals surface area contributed by atoms with Gasteiger partial charge < -0.3 is 19.5 Å². The summed E-state index contributed by atoms with van der Waals surface area (Å²) < 4.78 is 7.42. The largest absolute Gasteiger partial charge is 0.379 e. The summed E-state index contributed by atoms with van der Waals surface area (Å²) in [6.45, 7) is 11.1. The standard InChI is InChI=1S/C22H35N7O/c1-18-8-5-6-9-20(18)17-27(3)22(24-16-21-26-25-19(2)28(21)4)23-10-7-11-29-12-14-30-15-13-29/h5-6,8-9H,7,10-17H2,1-4H3,(H,23,24). The van der Waals surface area contributed by atoms with E-state index in [-0.39, 0.29) is 0 Å². The summed E-state index contributed by atoms with van der Waals surface area (Å²) in [5.41, 5.74) is 2.59. The molecule has 2 aromatic rings. The lowest BCUT2D eigenvalue weighted by atomic mass is 10.1. The topological polar surface area (TPSA) is 70.8 Å². The van der Waals surface area contributed by atoms with Crippen LogP contribution in [0.15, 0.2) is 29.3 Å². The van der Waals surface area contributed by atoms with E-state index in [0.717, 1.165) is 70.0 Å². The number of guanidine groups is 1. The zero-order valence-corrected chi connectivity index (χ0v) is 18.8. The molecule has 3 rings (SSSR count). The van der Waals surface area contributed by atoms with Gasteiger partial charge in [-0.25, -0.2) is 4.99 Å². The third-order valence-corrected chi connectivity index (χ3v) is 5.62. The summed E-state index contributed by atoms with van der Waals surface area (Å²) in [4.78, 5) is 9.49. The number of nitrogens with one attached hydrogen (secondary N) is 1. The molecule has 1 aliphatic rings. The van der Waals surface area contributed by atoms with E-state index in [1.54, 1.807) is 0 Å². The van der Waals surface area contributed by atoms with Gasteiger partial charge >= 0.3 is 0 Å². The molecule has 0 unspecified atom stereocenters. The number of aromatic nitrogens is 3. The Morgan fingerprint density at radius 3 is 2.67 bits per heavy atom. The monoisotopic (exact) mass is 413 g/mol. The van der Waals surface area contributed by atoms with Crippen LogP contribution >= 0.6 is 0 Å². The zero-order valence-electron chi connectivity index (χ0n) is 18.8. The average molecular weight is 414 g/mol. The Kier molecular flexibility index (Phi) is 8.21. The van der Waals surface area contributed by atoms with E-state index in [1.807, 2.05) is 18.5 Å². The molecule has 0 saturated carbocycles. The van der Waals surface area contributed by atoms with Crippen molar-refractivity contribution in [2.24, 2.45) is 12.0 Å². The molecule has 0 radical (unpaired) electrons. The minimum Gasteiger partial charge on any atom is -0.379 e. The molecule has 30 heavy (non-hydrogen) atoms. The van der Waals surface area contributed by atoms with Gasteiger partial charge in [0.2, 0.25) is 0 Å². The van der Waals surface area contributed by atoms with Crippen molar-refractivity contribution in [1.29, 1.82) is 0 Å². The Balaban J connectivity index is 1.61. The molecule has 1 saturated heterocycles. The summed E-state index contributed by atoms with van der Waals surface area (Å²) in [5.74, 6) is 2.65. The first-order chi connectivity index (χ1) is 14.5. The van der Waals surface area contributed by atoms with Crippen LogP contribution in [0.25, 0.3) is 0 Å². The van der Waals surface area contributed by atoms with Crippen LogP contribution in [0, 0.1) is 13.8 Å². The molecular weight excluding hydrogens is 378 g/mol. The average Bonchev–Trinajstić information content (AvgIpc) is 3.07. The van der Waals surface area contributed by atoms with E-state index in [4.69, 9.17) is 9.73 Å². The quantitative estimate of drug-likeness (QED) is 0.404. The number of hydrogen-bond donors (Lipinski definition) is 1. The molecule has 0 spiro atoms. The van der Waals surface area contributed by atoms with Gasteiger partial charge in [0, 0.05) is 40.3 Å². The van der Waals surface area contributed by atoms with Crippen LogP contribution in [-0.2, 0) is 24.9 Å². The second-order valence-electron chi connectivity index (χ2n) is 7.88. The van der Waals surface area contributed by atoms with Crippen molar-refractivity contribution in [3.63, 3.8) is 0 Å². The molecule has 0 bridgehead atoms. The third kappa shape index (κ3) is 6.27. The predicted octanol–water partition coefficient (Wildman–Crippen LogP) is 1.73. The van der Waals surface area contributed by atoms with Gasteiger partial charge in [0.1, 0.15) is 12.4 Å². The van der Waals surface area contributed by atoms with Crippen LogP contribution in [0.3, 0.4) is 0 Å². The Morgan fingerprint density at radius 2 is 1.97 bits per heavy atom. The third-order valence-electron chi connectivity index (χ3n) is 5.62. The van der Waals surface area contributed by atoms with Crippen LogP contribution in [-0.4, -0.2) is 77.0 Å². The highest BCUT2D eigenvalue weighted by Gasteiger charge is 2.12. The van der Waals surface area contributed by atoms with Gasteiger partial charge in [-0.2, -0.15) is 0 Å². The Hall–Kier alpha value is -2.45. The summed E-state index contributed by atoms with van der Waals surface area (Å²) >= 11 is 0. The summed E-state index contributed by atoms with van der Waals surface area (Å²) in [6, 6.07) is 8.49. The second kappa shape index (κ2) is 11.1. The van der Waals surface area contributed by atoms with Crippen LogP contribution in [0.5, 0.6) is 0 Å². The van der Waals surface area contributed by atoms with E-state index in [2.05, 4.69) is 63.6 Å². The molecule has 164 valence electrons. The van der Waals surface area contributed by atoms with Crippen molar-refractivity contribution in [2.75, 3.05) is 46.4 Å². The highest BCUT2D eigenvalue weighted by atomic mass is 16.5. The zero-order chi connectivity index (χ0) is 21.3. The van der Waals surface area contributed by atoms with Crippen LogP contribution < -0.4 is 5.32 Å². The number of aryl methyl sites for hydroxylation is 2. The number of hydrogen-bond acceptors (Lipinski definition) is 5. The van der Waals surface area contributed by atoms with Crippen molar-refractivity contribution in [1.82, 2.24) is 29.9 Å². The molecular formula is C22H35N7O. The van der Waals surface area contributed by atoms with Gasteiger partial charge in [0.15, 0.2) is 11.8 Å². The van der Waals surface area contributed by atoms with Gasteiger partial charge in [-0.05, 0) is 37.9 Å². The lowest BCUT2D eigenvalue weighted by Gasteiger charge is -2.27. The first-order valence-corrected chi connectivity index (χ1v) is 10.7. The molecule has 1 aliphatic heterocycles. The Labute approximate surface area is 179 Å². The van der Waals surface area contributed by atoms with Crippen LogP contribution in [0.4, 0.5) is 0 Å². The first kappa shape index (κ1) is 22.2. The fourth-order valence-corrected chi connectivity index (χ4v) is 3.49. The van der Waals surface area contributed by atoms with E-state index >= 15 is 0 Å². The molecule has 8 heteroatoms. The van der Waals surface area contributed by atoms with E-state index < -0.39 is 0 Å². The van der Waals surface area contributed by atoms with Crippen molar-refractivity contribution in [3.8, 4) is 0 Å². The van der Waals surface area contributed by atoms with Crippen molar-refractivity contribution >= 4 is 5.96 Å². The Bertz CT molecular complexity index is 827. The highest BCUT2D eigenvalue weighted by Crippen LogP contribution is 2.10. The van der Waals surface area contributed by atoms with Gasteiger partial charge in [-0.3, -0.25) is 4.90 Å². The number of aliphatic imine (C=N–C) groups is 1. The molecule has 0 amide bonds. The number of benzene rings is 1. The van der Waals surface area contributed by atoms with Gasteiger partial charge in [0.25, 0.3) is 0 Å². The van der Waals surface area contributed by atoms with Gasteiger partial charge in [-0.1, -0.05) is 24.3 Å². The van der Waals surface area contributed by atoms with Crippen LogP contribution in [0.2, 0.25) is 0 Å². The van der Waals surface area contributed by atoms with Crippen molar-refractivity contribution in [3.05, 3.63) is 47.0 Å². The summed E-state index contributed by atoms with van der Waals surface area (Å²) in [6.07, 6.45) is 1.07. The predicted molar refractivity (Wildman–Crippen MR) is 119 cm³/mol. The Morgan fingerprint density at radius 1 is 1.20 bits per heavy atom. The minimum absolute atomic E-state index is 0.501. The number of nitrogens with zero attached hydrogens (tertiary/aromatic N) is 6. The fourth-order valence-electron chi connectivity index (χ4n) is 3.49. The number of morpholine rings is 1. The van der Waals surface area contributed by atoms with E-state index in [1.165, 1.54) is 11.1 Å². The maximum atomic E-state index is 5.43. The molecule has 1 N–H and O–H groups in total. The van der Waals surface area contributed by atoms with Crippen molar-refractivity contribution in [2.45, 2.75) is 33.4 Å². The highest BCUT2D eigenvalue weighted by molar-refractivity contribution is 5.79. The molecule has 0 atom stereocenters. The smallest absolute Gasteiger partial charge is 0.194 e. The number of rotatable bonds is 8. The van der Waals surface area contributed by atoms with Gasteiger partial charge in [0.05, 0.1) is 13.2 Å². The maximum Gasteiger partial charge on any atom is 0.194 e. The van der Waals surface area contributed by atoms with Crippen LogP contribution in [0.1, 0.15) is 29.2 Å². The number of ether oxygens (including phenoxy) is 1. The normalized spacial score (nSPS) is 15.4. The molecule has 2 heterocycles. The van der Waals surface area contributed by atoms with E-state index in [0.29, 0.717) is 6.54 Å². The molecule has 1 fully saturated rings. The van der Waals surface area contributed by atoms with Gasteiger partial charge in [-0.15, -0.1) is 10.2 Å². The summed E-state index contributed by atoms with van der Waals surface area (Å²) in [7, 11) is 4.06. The minimum atomic E-state index is 0.501. The summed E-state index contributed by atoms with van der Waals surface area (Å²) in [5, 5.41) is 11.9. The molecule has 1 aromatic carbocycles.